The second-order valence-corrected chi connectivity index (χ2v) is 5.29. The van der Waals surface area contributed by atoms with Gasteiger partial charge in [-0.05, 0) is 48.6 Å². The number of aryl methyl sites for hydroxylation is 2. The Morgan fingerprint density at radius 3 is 2.68 bits per heavy atom. The number of hydrogen-bond acceptors (Lipinski definition) is 2. The van der Waals surface area contributed by atoms with E-state index in [0.29, 0.717) is 6.04 Å². The molecule has 0 radical (unpaired) electrons. The van der Waals surface area contributed by atoms with E-state index in [1.807, 2.05) is 24.3 Å². The highest BCUT2D eigenvalue weighted by Gasteiger charge is 2.21. The van der Waals surface area contributed by atoms with Gasteiger partial charge in [0, 0.05) is 5.69 Å². The molecule has 2 N–H and O–H groups in total. The molecule has 0 fully saturated rings. The smallest absolute Gasteiger partial charge is 0.0681 e. The molecule has 0 saturated heterocycles. The maximum atomic E-state index is 9.05. The molecular weight excluding hydrogens is 234 g/mol. The van der Waals surface area contributed by atoms with Crippen LogP contribution in [0.5, 0.6) is 0 Å². The summed E-state index contributed by atoms with van der Waals surface area (Å²) in [6.07, 6.45) is 2.31. The van der Waals surface area contributed by atoms with Crippen LogP contribution in [0.1, 0.15) is 34.7 Å². The molecule has 1 aliphatic carbocycles. The molecule has 0 heterocycles. The Bertz CT molecular complexity index is 574. The van der Waals surface area contributed by atoms with Crippen LogP contribution in [-0.2, 0) is 13.0 Å². The summed E-state index contributed by atoms with van der Waals surface area (Å²) in [7, 11) is 0. The first kappa shape index (κ1) is 12.2. The molecule has 2 aromatic rings. The van der Waals surface area contributed by atoms with Gasteiger partial charge in [-0.25, -0.2) is 0 Å². The van der Waals surface area contributed by atoms with Gasteiger partial charge in [-0.15, -0.1) is 0 Å². The van der Waals surface area contributed by atoms with Gasteiger partial charge in [-0.1, -0.05) is 35.9 Å². The molecule has 3 rings (SSSR count). The zero-order chi connectivity index (χ0) is 13.2. The first-order valence-electron chi connectivity index (χ1n) is 6.82. The molecule has 2 aromatic carbocycles. The quantitative estimate of drug-likeness (QED) is 0.876. The van der Waals surface area contributed by atoms with Gasteiger partial charge < -0.3 is 10.4 Å². The maximum absolute atomic E-state index is 9.05. The van der Waals surface area contributed by atoms with Crippen LogP contribution in [0.2, 0.25) is 0 Å². The predicted molar refractivity (Wildman–Crippen MR) is 78.2 cm³/mol. The van der Waals surface area contributed by atoms with E-state index in [-0.39, 0.29) is 6.61 Å². The van der Waals surface area contributed by atoms with Crippen molar-refractivity contribution in [3.63, 3.8) is 0 Å². The Labute approximate surface area is 114 Å². The van der Waals surface area contributed by atoms with Crippen molar-refractivity contribution in [2.75, 3.05) is 5.32 Å². The maximum Gasteiger partial charge on any atom is 0.0681 e. The van der Waals surface area contributed by atoms with Crippen molar-refractivity contribution in [1.29, 1.82) is 0 Å². The first-order chi connectivity index (χ1) is 9.26. The summed E-state index contributed by atoms with van der Waals surface area (Å²) in [4.78, 5) is 0. The van der Waals surface area contributed by atoms with Crippen LogP contribution in [-0.4, -0.2) is 5.11 Å². The molecule has 0 aromatic heterocycles. The normalized spacial score (nSPS) is 17.3. The third-order valence-corrected chi connectivity index (χ3v) is 3.86. The lowest BCUT2D eigenvalue weighted by atomic mass is 10.0. The Hall–Kier alpha value is -1.80. The minimum Gasteiger partial charge on any atom is -0.392 e. The van der Waals surface area contributed by atoms with E-state index >= 15 is 0 Å². The zero-order valence-electron chi connectivity index (χ0n) is 11.2. The second-order valence-electron chi connectivity index (χ2n) is 5.29. The van der Waals surface area contributed by atoms with Crippen molar-refractivity contribution in [1.82, 2.24) is 0 Å². The third-order valence-electron chi connectivity index (χ3n) is 3.86. The highest BCUT2D eigenvalue weighted by molar-refractivity contribution is 5.49. The van der Waals surface area contributed by atoms with Gasteiger partial charge in [0.25, 0.3) is 0 Å². The minimum atomic E-state index is 0.103. The fourth-order valence-electron chi connectivity index (χ4n) is 2.78. The SMILES string of the molecule is Cc1ccc2c(c1)C(Nc1ccc(CO)cc1)CC2. The van der Waals surface area contributed by atoms with Crippen molar-refractivity contribution < 1.29 is 5.11 Å². The van der Waals surface area contributed by atoms with E-state index in [0.717, 1.165) is 24.1 Å². The van der Waals surface area contributed by atoms with Crippen molar-refractivity contribution in [2.45, 2.75) is 32.4 Å². The summed E-state index contributed by atoms with van der Waals surface area (Å²) in [5, 5.41) is 12.6. The Balaban J connectivity index is 1.80. The highest BCUT2D eigenvalue weighted by atomic mass is 16.3. The van der Waals surface area contributed by atoms with Crippen LogP contribution in [0.4, 0.5) is 5.69 Å². The van der Waals surface area contributed by atoms with Crippen LogP contribution in [0.3, 0.4) is 0 Å². The average molecular weight is 253 g/mol. The molecule has 1 aliphatic rings. The van der Waals surface area contributed by atoms with E-state index in [4.69, 9.17) is 5.11 Å². The zero-order valence-corrected chi connectivity index (χ0v) is 11.2. The highest BCUT2D eigenvalue weighted by Crippen LogP contribution is 2.34. The predicted octanol–water partition coefficient (Wildman–Crippen LogP) is 3.59. The Morgan fingerprint density at radius 1 is 1.16 bits per heavy atom. The lowest BCUT2D eigenvalue weighted by Gasteiger charge is -2.16. The standard InChI is InChI=1S/C17H19NO/c1-12-2-5-14-6-9-17(16(14)10-12)18-15-7-3-13(11-19)4-8-15/h2-5,7-8,10,17-19H,6,9,11H2,1H3. The molecule has 2 heteroatoms. The van der Waals surface area contributed by atoms with Gasteiger partial charge >= 0.3 is 0 Å². The number of fused-ring (bicyclic) bond motifs is 1. The molecule has 0 saturated carbocycles. The van der Waals surface area contributed by atoms with Gasteiger partial charge in [-0.2, -0.15) is 0 Å². The van der Waals surface area contributed by atoms with E-state index in [2.05, 4.69) is 30.4 Å². The van der Waals surface area contributed by atoms with Crippen LogP contribution in [0.15, 0.2) is 42.5 Å². The van der Waals surface area contributed by atoms with E-state index in [1.54, 1.807) is 0 Å². The van der Waals surface area contributed by atoms with Gasteiger partial charge in [0.1, 0.15) is 0 Å². The van der Waals surface area contributed by atoms with E-state index in [9.17, 15) is 0 Å². The molecular formula is C17H19NO. The molecule has 98 valence electrons. The number of hydrogen-bond donors (Lipinski definition) is 2. The molecule has 1 unspecified atom stereocenters. The van der Waals surface area contributed by atoms with Gasteiger partial charge in [0.2, 0.25) is 0 Å². The topological polar surface area (TPSA) is 32.3 Å². The van der Waals surface area contributed by atoms with Crippen LogP contribution < -0.4 is 5.32 Å². The minimum absolute atomic E-state index is 0.103. The van der Waals surface area contributed by atoms with Crippen molar-refractivity contribution in [3.8, 4) is 0 Å². The van der Waals surface area contributed by atoms with E-state index < -0.39 is 0 Å². The number of nitrogens with one attached hydrogen (secondary N) is 1. The lowest BCUT2D eigenvalue weighted by Crippen LogP contribution is -2.07. The third kappa shape index (κ3) is 2.49. The number of aliphatic hydroxyl groups excluding tert-OH is 1. The Kier molecular flexibility index (Phi) is 3.26. The number of rotatable bonds is 3. The van der Waals surface area contributed by atoms with Crippen molar-refractivity contribution in [2.24, 2.45) is 0 Å². The van der Waals surface area contributed by atoms with Crippen molar-refractivity contribution >= 4 is 5.69 Å². The fourth-order valence-corrected chi connectivity index (χ4v) is 2.78. The van der Waals surface area contributed by atoms with Crippen LogP contribution in [0, 0.1) is 6.92 Å². The molecule has 2 nitrogen and oxygen atoms in total. The summed E-state index contributed by atoms with van der Waals surface area (Å²) < 4.78 is 0. The largest absolute Gasteiger partial charge is 0.392 e. The second kappa shape index (κ2) is 5.06. The summed E-state index contributed by atoms with van der Waals surface area (Å²) in [6, 6.07) is 15.2. The summed E-state index contributed by atoms with van der Waals surface area (Å²) in [5.41, 5.74) is 6.30. The average Bonchev–Trinajstić information content (AvgIpc) is 2.82. The monoisotopic (exact) mass is 253 g/mol. The van der Waals surface area contributed by atoms with Gasteiger partial charge in [-0.3, -0.25) is 0 Å². The summed E-state index contributed by atoms with van der Waals surface area (Å²) in [5.74, 6) is 0. The fraction of sp³-hybridized carbons (Fsp3) is 0.294. The lowest BCUT2D eigenvalue weighted by molar-refractivity contribution is 0.282. The first-order valence-corrected chi connectivity index (χ1v) is 6.82. The van der Waals surface area contributed by atoms with Gasteiger partial charge in [0.05, 0.1) is 12.6 Å². The molecule has 1 atom stereocenters. The molecule has 19 heavy (non-hydrogen) atoms. The number of aliphatic hydroxyl groups is 1. The van der Waals surface area contributed by atoms with Crippen molar-refractivity contribution in [3.05, 3.63) is 64.7 Å². The summed E-state index contributed by atoms with van der Waals surface area (Å²) in [6.45, 7) is 2.25. The van der Waals surface area contributed by atoms with E-state index in [1.165, 1.54) is 16.7 Å². The molecule has 0 spiro atoms. The number of anilines is 1. The number of benzene rings is 2. The summed E-state index contributed by atoms with van der Waals surface area (Å²) >= 11 is 0. The van der Waals surface area contributed by atoms with Crippen LogP contribution in [0.25, 0.3) is 0 Å². The Morgan fingerprint density at radius 2 is 1.95 bits per heavy atom. The molecule has 0 amide bonds. The van der Waals surface area contributed by atoms with Crippen LogP contribution >= 0.6 is 0 Å². The molecule has 0 bridgehead atoms. The molecule has 0 aliphatic heterocycles. The van der Waals surface area contributed by atoms with Gasteiger partial charge in [0.15, 0.2) is 0 Å².